The van der Waals surface area contributed by atoms with E-state index in [1.165, 1.54) is 5.56 Å². The molecule has 3 N–H and O–H groups in total. The second-order valence-electron chi connectivity index (χ2n) is 3.66. The molecule has 0 spiro atoms. The van der Waals surface area contributed by atoms with Crippen LogP contribution in [0.1, 0.15) is 16.8 Å². The van der Waals surface area contributed by atoms with Crippen LogP contribution >= 0.6 is 0 Å². The Kier molecular flexibility index (Phi) is 3.69. The van der Waals surface area contributed by atoms with E-state index in [1.54, 1.807) is 6.33 Å². The summed E-state index contributed by atoms with van der Waals surface area (Å²) in [6.07, 6.45) is 3.48. The number of aliphatic hydroxyl groups excluding tert-OH is 1. The minimum atomic E-state index is 0.0991. The van der Waals surface area contributed by atoms with Gasteiger partial charge in [0.1, 0.15) is 0 Å². The van der Waals surface area contributed by atoms with Gasteiger partial charge in [0.2, 0.25) is 0 Å². The molecule has 0 atom stereocenters. The Morgan fingerprint density at radius 1 is 1.12 bits per heavy atom. The number of hydrogen-bond donors (Lipinski definition) is 3. The summed E-state index contributed by atoms with van der Waals surface area (Å²) >= 11 is 0. The number of aromatic nitrogens is 2. The van der Waals surface area contributed by atoms with Crippen LogP contribution in [0.25, 0.3) is 0 Å². The van der Waals surface area contributed by atoms with Crippen molar-refractivity contribution in [3.8, 4) is 0 Å². The topological polar surface area (TPSA) is 60.9 Å². The van der Waals surface area contributed by atoms with Gasteiger partial charge in [-0.2, -0.15) is 0 Å². The molecule has 0 aliphatic carbocycles. The summed E-state index contributed by atoms with van der Waals surface area (Å²) in [6, 6.07) is 7.91. The van der Waals surface area contributed by atoms with Crippen molar-refractivity contribution in [1.29, 1.82) is 0 Å². The van der Waals surface area contributed by atoms with Gasteiger partial charge in [-0.25, -0.2) is 4.98 Å². The molecule has 2 aromatic rings. The zero-order valence-electron chi connectivity index (χ0n) is 8.98. The first kappa shape index (κ1) is 10.9. The first-order valence-electron chi connectivity index (χ1n) is 5.25. The zero-order chi connectivity index (χ0) is 11.2. The van der Waals surface area contributed by atoms with Gasteiger partial charge in [-0.3, -0.25) is 0 Å². The van der Waals surface area contributed by atoms with E-state index in [-0.39, 0.29) is 6.61 Å². The second kappa shape index (κ2) is 5.44. The fourth-order valence-electron chi connectivity index (χ4n) is 1.49. The number of hydrogen-bond acceptors (Lipinski definition) is 3. The summed E-state index contributed by atoms with van der Waals surface area (Å²) < 4.78 is 0. The first-order valence-corrected chi connectivity index (χ1v) is 5.25. The maximum absolute atomic E-state index is 8.90. The molecular weight excluding hydrogens is 202 g/mol. The molecule has 0 bridgehead atoms. The highest BCUT2D eigenvalue weighted by Gasteiger charge is 1.95. The molecule has 0 radical (unpaired) electrons. The summed E-state index contributed by atoms with van der Waals surface area (Å²) in [5.41, 5.74) is 3.22. The minimum absolute atomic E-state index is 0.0991. The largest absolute Gasteiger partial charge is 0.392 e. The van der Waals surface area contributed by atoms with Crippen LogP contribution in [-0.2, 0) is 19.7 Å². The lowest BCUT2D eigenvalue weighted by Crippen LogP contribution is -2.12. The van der Waals surface area contributed by atoms with E-state index < -0.39 is 0 Å². The quantitative estimate of drug-likeness (QED) is 0.705. The minimum Gasteiger partial charge on any atom is -0.392 e. The van der Waals surface area contributed by atoms with E-state index in [9.17, 15) is 0 Å². The van der Waals surface area contributed by atoms with Crippen molar-refractivity contribution in [2.24, 2.45) is 0 Å². The van der Waals surface area contributed by atoms with Gasteiger partial charge in [0.05, 0.1) is 12.9 Å². The van der Waals surface area contributed by atoms with Gasteiger partial charge in [0, 0.05) is 25.0 Å². The van der Waals surface area contributed by atoms with Gasteiger partial charge in [0.15, 0.2) is 0 Å². The predicted octanol–water partition coefficient (Wildman–Crippen LogP) is 1.19. The zero-order valence-corrected chi connectivity index (χ0v) is 8.98. The Labute approximate surface area is 94.4 Å². The molecular formula is C12H15N3O. The number of rotatable bonds is 5. The summed E-state index contributed by atoms with van der Waals surface area (Å²) in [7, 11) is 0. The molecule has 4 nitrogen and oxygen atoms in total. The summed E-state index contributed by atoms with van der Waals surface area (Å²) in [5, 5.41) is 12.2. The maximum atomic E-state index is 8.90. The number of nitrogens with zero attached hydrogens (tertiary/aromatic N) is 1. The van der Waals surface area contributed by atoms with E-state index in [0.29, 0.717) is 0 Å². The highest BCUT2D eigenvalue weighted by molar-refractivity contribution is 5.21. The third-order valence-electron chi connectivity index (χ3n) is 2.40. The molecule has 0 amide bonds. The Morgan fingerprint density at radius 2 is 1.88 bits per heavy atom. The maximum Gasteiger partial charge on any atom is 0.0922 e. The monoisotopic (exact) mass is 217 g/mol. The number of imidazole rings is 1. The Morgan fingerprint density at radius 3 is 2.50 bits per heavy atom. The molecule has 0 aliphatic heterocycles. The van der Waals surface area contributed by atoms with Crippen molar-refractivity contribution in [3.63, 3.8) is 0 Å². The van der Waals surface area contributed by atoms with E-state index in [4.69, 9.17) is 5.11 Å². The summed E-state index contributed by atoms with van der Waals surface area (Å²) in [6.45, 7) is 1.69. The number of aromatic amines is 1. The van der Waals surface area contributed by atoms with Crippen molar-refractivity contribution in [1.82, 2.24) is 15.3 Å². The second-order valence-corrected chi connectivity index (χ2v) is 3.66. The molecule has 1 aromatic carbocycles. The van der Waals surface area contributed by atoms with Crippen molar-refractivity contribution in [2.75, 3.05) is 0 Å². The van der Waals surface area contributed by atoms with Gasteiger partial charge in [0.25, 0.3) is 0 Å². The fraction of sp³-hybridized carbons (Fsp3) is 0.250. The molecule has 4 heteroatoms. The third-order valence-corrected chi connectivity index (χ3v) is 2.40. The van der Waals surface area contributed by atoms with Crippen LogP contribution in [0, 0.1) is 0 Å². The standard InChI is InChI=1S/C12H15N3O/c16-8-11-3-1-10(2-4-11)5-13-6-12-7-14-9-15-12/h1-4,7,9,13,16H,5-6,8H2,(H,14,15). The van der Waals surface area contributed by atoms with Crippen molar-refractivity contribution < 1.29 is 5.11 Å². The lowest BCUT2D eigenvalue weighted by molar-refractivity contribution is 0.282. The number of benzene rings is 1. The van der Waals surface area contributed by atoms with E-state index in [2.05, 4.69) is 15.3 Å². The van der Waals surface area contributed by atoms with Crippen LogP contribution in [0.4, 0.5) is 0 Å². The molecule has 0 saturated carbocycles. The van der Waals surface area contributed by atoms with Crippen LogP contribution in [0.3, 0.4) is 0 Å². The highest BCUT2D eigenvalue weighted by atomic mass is 16.3. The number of aliphatic hydroxyl groups is 1. The normalized spacial score (nSPS) is 10.6. The average molecular weight is 217 g/mol. The number of nitrogens with one attached hydrogen (secondary N) is 2. The average Bonchev–Trinajstić information content (AvgIpc) is 2.83. The molecule has 1 heterocycles. The molecule has 0 aliphatic rings. The molecule has 16 heavy (non-hydrogen) atoms. The summed E-state index contributed by atoms with van der Waals surface area (Å²) in [4.78, 5) is 6.98. The predicted molar refractivity (Wildman–Crippen MR) is 61.5 cm³/mol. The molecule has 2 rings (SSSR count). The lowest BCUT2D eigenvalue weighted by Gasteiger charge is -2.04. The Hall–Kier alpha value is -1.65. The van der Waals surface area contributed by atoms with Crippen LogP contribution in [-0.4, -0.2) is 15.1 Å². The van der Waals surface area contributed by atoms with Crippen molar-refractivity contribution in [2.45, 2.75) is 19.7 Å². The van der Waals surface area contributed by atoms with Crippen LogP contribution in [0.2, 0.25) is 0 Å². The van der Waals surface area contributed by atoms with Gasteiger partial charge < -0.3 is 15.4 Å². The molecule has 1 aromatic heterocycles. The Bertz CT molecular complexity index is 408. The first-order chi connectivity index (χ1) is 7.88. The highest BCUT2D eigenvalue weighted by Crippen LogP contribution is 2.04. The van der Waals surface area contributed by atoms with Gasteiger partial charge >= 0.3 is 0 Å². The smallest absolute Gasteiger partial charge is 0.0922 e. The van der Waals surface area contributed by atoms with Gasteiger partial charge in [-0.1, -0.05) is 24.3 Å². The van der Waals surface area contributed by atoms with Crippen LogP contribution in [0.5, 0.6) is 0 Å². The van der Waals surface area contributed by atoms with Crippen LogP contribution < -0.4 is 5.32 Å². The van der Waals surface area contributed by atoms with Crippen molar-refractivity contribution in [3.05, 3.63) is 53.6 Å². The third kappa shape index (κ3) is 2.92. The molecule has 84 valence electrons. The van der Waals surface area contributed by atoms with E-state index in [0.717, 1.165) is 24.3 Å². The van der Waals surface area contributed by atoms with Crippen molar-refractivity contribution >= 4 is 0 Å². The lowest BCUT2D eigenvalue weighted by atomic mass is 10.1. The Balaban J connectivity index is 1.81. The fourth-order valence-corrected chi connectivity index (χ4v) is 1.49. The van der Waals surface area contributed by atoms with Gasteiger partial charge in [-0.05, 0) is 11.1 Å². The SMILES string of the molecule is OCc1ccc(CNCc2cnc[nH]2)cc1. The molecule has 0 saturated heterocycles. The summed E-state index contributed by atoms with van der Waals surface area (Å²) in [5.74, 6) is 0. The number of H-pyrrole nitrogens is 1. The van der Waals surface area contributed by atoms with Crippen LogP contribution in [0.15, 0.2) is 36.8 Å². The molecule has 0 unspecified atom stereocenters. The van der Waals surface area contributed by atoms with E-state index >= 15 is 0 Å². The van der Waals surface area contributed by atoms with Gasteiger partial charge in [-0.15, -0.1) is 0 Å². The van der Waals surface area contributed by atoms with E-state index in [1.807, 2.05) is 30.5 Å². The molecule has 0 fully saturated rings.